The molecule has 3 saturated heterocycles. The Bertz CT molecular complexity index is 3830. The van der Waals surface area contributed by atoms with Crippen LogP contribution in [0.3, 0.4) is 0 Å². The smallest absolute Gasteiger partial charge is 0.494 e. The average Bonchev–Trinajstić information content (AvgIpc) is 1.59. The maximum Gasteiger partial charge on any atom is 0.494 e. The van der Waals surface area contributed by atoms with E-state index in [-0.39, 0.29) is 105 Å². The van der Waals surface area contributed by atoms with Crippen LogP contribution in [0.5, 0.6) is 23.0 Å². The van der Waals surface area contributed by atoms with Gasteiger partial charge in [-0.05, 0) is 227 Å². The highest BCUT2D eigenvalue weighted by Gasteiger charge is 2.64. The second-order valence-corrected chi connectivity index (χ2v) is 58.3. The van der Waals surface area contributed by atoms with E-state index >= 15 is 0 Å². The van der Waals surface area contributed by atoms with Crippen molar-refractivity contribution < 1.29 is 71.9 Å². The van der Waals surface area contributed by atoms with Crippen LogP contribution in [-0.2, 0) is 27.9 Å². The van der Waals surface area contributed by atoms with Crippen LogP contribution in [0.15, 0.2) is 66.7 Å². The topological polar surface area (TPSA) is 229 Å². The molecule has 0 spiro atoms. The Morgan fingerprint density at radius 2 is 0.672 bits per heavy atom. The summed E-state index contributed by atoms with van der Waals surface area (Å²) in [5, 5.41) is 28.6. The van der Waals surface area contributed by atoms with Crippen molar-refractivity contribution in [1.82, 2.24) is 0 Å². The number of rotatable bonds is 24. The Morgan fingerprint density at radius 3 is 0.966 bits per heavy atom. The number of carboxylic acid groups (broad SMARTS) is 1. The van der Waals surface area contributed by atoms with Gasteiger partial charge in [0, 0.05) is 40.9 Å². The number of ketones is 3. The van der Waals surface area contributed by atoms with E-state index in [4.69, 9.17) is 99.8 Å². The molecule has 0 saturated carbocycles. The number of carbonyl (C=O) groups excluding carboxylic acids is 3. The zero-order chi connectivity index (χ0) is 90.8. The zero-order valence-corrected chi connectivity index (χ0v) is 83.7. The summed E-state index contributed by atoms with van der Waals surface area (Å²) in [5.41, 5.74) is 5.95. The number of phenols is 2. The quantitative estimate of drug-likeness (QED) is 0.0378. The maximum atomic E-state index is 13.7. The van der Waals surface area contributed by atoms with E-state index in [2.05, 4.69) is 178 Å². The lowest BCUT2D eigenvalue weighted by Crippen LogP contribution is -2.41. The van der Waals surface area contributed by atoms with Gasteiger partial charge in [-0.2, -0.15) is 0 Å². The standard InChI is InChI=1S/C27H46BClO4Si.C21H35ClO2Si.C16H23ClO2.C12H24B2O4.C8H19N.C7H5ClO3/c1-24(2,3)18-25(4,5)17-22(30)20-15-19(28-32-26(6,7)27(8,9)33-28)16-21(29)23(20)31-13-14-34(10,11)12;1-20(2,3)15-21(4,5)14-18(23)16-10-9-11-17(22)19(16)24-12-13-25(6,7)8;1-15(2,3)10-16(4,5)9-13(18)11-7-6-8-12(17)14(11)19;1-9(2)10(3,4)16-13(15-9)14-17-11(5,6)12(7,8)18-14;1-7(2,3)6-8(4,5)9;8-5-3-1-2-4(6(5)9)7(10)11/h15-16H,13-14,17-18H2,1-12H3;9-11H,12-15H2,1-8H3;6-8,19H,9-10H2,1-5H3;1-8H3;6,9H2,1-5H3;1-3,9H,(H,10,11). The number of phenolic OH excluding ortho intramolecular Hbond substituents is 1. The van der Waals surface area contributed by atoms with Crippen LogP contribution >= 0.6 is 46.4 Å². The minimum Gasteiger partial charge on any atom is -0.506 e. The van der Waals surface area contributed by atoms with Gasteiger partial charge in [-0.15, -0.1) is 0 Å². The van der Waals surface area contributed by atoms with Gasteiger partial charge in [0.15, 0.2) is 17.3 Å². The number of ether oxygens (including phenoxy) is 2. The fourth-order valence-corrected chi connectivity index (χ4v) is 17.0. The van der Waals surface area contributed by atoms with Crippen LogP contribution in [-0.4, -0.2) is 128 Å². The number of halogens is 4. The molecule has 3 heterocycles. The lowest BCUT2D eigenvalue weighted by Gasteiger charge is -2.32. The normalized spacial score (nSPS) is 17.2. The Morgan fingerprint density at radius 1 is 0.397 bits per heavy atom. The van der Waals surface area contributed by atoms with Gasteiger partial charge in [0.1, 0.15) is 28.6 Å². The van der Waals surface area contributed by atoms with E-state index in [1.807, 2.05) is 107 Å². The second kappa shape index (κ2) is 40.6. The van der Waals surface area contributed by atoms with Crippen LogP contribution in [0.25, 0.3) is 0 Å². The lowest BCUT2D eigenvalue weighted by atomic mass is 9.49. The molecule has 3 aliphatic rings. The highest BCUT2D eigenvalue weighted by Crippen LogP contribution is 2.46. The second-order valence-electron chi connectivity index (χ2n) is 45.5. The summed E-state index contributed by atoms with van der Waals surface area (Å²) >= 11 is 24.4. The Labute approximate surface area is 725 Å². The Balaban J connectivity index is 0.000000496. The van der Waals surface area contributed by atoms with Gasteiger partial charge in [0.05, 0.1) is 83.6 Å². The molecule has 5 N–H and O–H groups in total. The number of hydrogen-bond donors (Lipinski definition) is 4. The molecule has 116 heavy (non-hydrogen) atoms. The molecule has 0 aromatic heterocycles. The van der Waals surface area contributed by atoms with Gasteiger partial charge in [-0.1, -0.05) is 229 Å². The molecule has 4 aromatic carbocycles. The Kier molecular flexibility index (Phi) is 37.8. The molecular formula is C91H152B3Cl4NO15Si2. The predicted molar refractivity (Wildman–Crippen MR) is 494 cm³/mol. The van der Waals surface area contributed by atoms with E-state index in [9.17, 15) is 24.3 Å². The van der Waals surface area contributed by atoms with Crippen molar-refractivity contribution in [3.63, 3.8) is 0 Å². The average molecular weight is 1730 g/mol. The van der Waals surface area contributed by atoms with Gasteiger partial charge >= 0.3 is 27.1 Å². The van der Waals surface area contributed by atoms with Gasteiger partial charge in [0.25, 0.3) is 0 Å². The highest BCUT2D eigenvalue weighted by atomic mass is 35.5. The number of carboxylic acids is 1. The largest absolute Gasteiger partial charge is 0.506 e. The molecule has 7 rings (SSSR count). The molecular weight excluding hydrogens is 1580 g/mol. The molecule has 656 valence electrons. The minimum absolute atomic E-state index is 0.0156. The lowest BCUT2D eigenvalue weighted by molar-refractivity contribution is 0.00578. The molecule has 0 aliphatic carbocycles. The van der Waals surface area contributed by atoms with Crippen molar-refractivity contribution in [3.05, 3.63) is 109 Å². The van der Waals surface area contributed by atoms with Gasteiger partial charge < -0.3 is 58.5 Å². The summed E-state index contributed by atoms with van der Waals surface area (Å²) in [4.78, 5) is 49.3. The van der Waals surface area contributed by atoms with Crippen molar-refractivity contribution in [2.75, 3.05) is 13.2 Å². The summed E-state index contributed by atoms with van der Waals surface area (Å²) in [7, 11) is -4.03. The number of nitrogens with two attached hydrogens (primary N) is 1. The first-order valence-electron chi connectivity index (χ1n) is 41.1. The number of aromatic hydroxyl groups is 2. The van der Waals surface area contributed by atoms with Crippen LogP contribution in [0.4, 0.5) is 0 Å². The van der Waals surface area contributed by atoms with Crippen molar-refractivity contribution in [3.8, 4) is 23.0 Å². The first-order chi connectivity index (χ1) is 51.6. The van der Waals surface area contributed by atoms with E-state index in [1.165, 1.54) is 18.2 Å². The number of carbonyl (C=O) groups is 4. The van der Waals surface area contributed by atoms with Crippen molar-refractivity contribution in [2.45, 2.75) is 357 Å². The first kappa shape index (κ1) is 108. The molecule has 3 aliphatic heterocycles. The summed E-state index contributed by atoms with van der Waals surface area (Å²) in [6.07, 6.45) is 5.23. The fourth-order valence-electron chi connectivity index (χ4n) is 14.8. The third-order valence-electron chi connectivity index (χ3n) is 20.6. The predicted octanol–water partition coefficient (Wildman–Crippen LogP) is 25.7. The van der Waals surface area contributed by atoms with E-state index in [1.54, 1.807) is 24.3 Å². The minimum atomic E-state index is -1.30. The van der Waals surface area contributed by atoms with Gasteiger partial charge in [-0.3, -0.25) is 14.4 Å². The molecule has 0 amide bonds. The molecule has 4 aromatic rings. The number of Topliss-reactive ketones (excluding diaryl/α,β-unsaturated/α-hetero) is 3. The molecule has 0 atom stereocenters. The van der Waals surface area contributed by atoms with E-state index in [0.29, 0.717) is 76.1 Å². The first-order valence-corrected chi connectivity index (χ1v) is 50.0. The van der Waals surface area contributed by atoms with Gasteiger partial charge in [-0.25, -0.2) is 4.79 Å². The van der Waals surface area contributed by atoms with Crippen molar-refractivity contribution >= 4 is 112 Å². The third-order valence-corrected chi connectivity index (χ3v) is 25.2. The fraction of sp³-hybridized carbons (Fsp3) is 0.692. The van der Waals surface area contributed by atoms with Crippen molar-refractivity contribution in [2.24, 2.45) is 43.6 Å². The SMILES string of the molecule is CC(C)(C)CC(C)(C)CC(=O)c1cc(B2OC(C)(C)C(C)(C)O2)cc(Cl)c1OCC[Si](C)(C)C.CC(C)(C)CC(C)(C)CC(=O)c1cccc(Cl)c1O.CC(C)(C)CC(C)(C)CC(=O)c1cccc(Cl)c1OCC[Si](C)(C)C.CC(C)(C)CC(C)(C)N.CC1(C)OB(B2OC(C)(C)C(C)(C)O2)OC1(C)C.O=C(O)c1cccc(Cl)c1O. The Hall–Kier alpha value is -3.93. The summed E-state index contributed by atoms with van der Waals surface area (Å²) in [6.45, 7) is 82.6. The molecule has 3 fully saturated rings. The maximum absolute atomic E-state index is 13.7. The van der Waals surface area contributed by atoms with Crippen LogP contribution < -0.4 is 20.7 Å². The third kappa shape index (κ3) is 37.0. The van der Waals surface area contributed by atoms with Crippen LogP contribution in [0.2, 0.25) is 71.5 Å². The van der Waals surface area contributed by atoms with E-state index in [0.717, 1.165) is 43.2 Å². The number of benzene rings is 4. The number of aromatic carboxylic acids is 1. The monoisotopic (exact) mass is 1730 g/mol. The molecule has 0 radical (unpaired) electrons. The van der Waals surface area contributed by atoms with Crippen molar-refractivity contribution in [1.29, 1.82) is 0 Å². The molecule has 25 heteroatoms. The van der Waals surface area contributed by atoms with Crippen LogP contribution in [0.1, 0.15) is 308 Å². The van der Waals surface area contributed by atoms with E-state index < -0.39 is 54.5 Å². The zero-order valence-electron chi connectivity index (χ0n) is 78.7. The van der Waals surface area contributed by atoms with Crippen LogP contribution in [0, 0.1) is 37.9 Å². The summed E-state index contributed by atoms with van der Waals surface area (Å²) < 4.78 is 48.5. The molecule has 0 bridgehead atoms. The highest BCUT2D eigenvalue weighted by molar-refractivity contribution is 7.11. The molecule has 16 nitrogen and oxygen atoms in total. The van der Waals surface area contributed by atoms with Gasteiger partial charge in [0.2, 0.25) is 0 Å². The number of para-hydroxylation sites is 3. The summed E-state index contributed by atoms with van der Waals surface area (Å²) in [6, 6.07) is 20.2. The molecule has 0 unspecified atom stereocenters. The number of hydrogen-bond acceptors (Lipinski definition) is 15. The summed E-state index contributed by atoms with van der Waals surface area (Å²) in [5.74, 6) is -0.561.